The predicted molar refractivity (Wildman–Crippen MR) is 172 cm³/mol. The van der Waals surface area contributed by atoms with E-state index in [0.29, 0.717) is 17.7 Å². The van der Waals surface area contributed by atoms with E-state index in [1.165, 1.54) is 34.5 Å². The van der Waals surface area contributed by atoms with Crippen LogP contribution in [-0.2, 0) is 25.8 Å². The van der Waals surface area contributed by atoms with Gasteiger partial charge in [0, 0.05) is 35.7 Å². The molecule has 2 unspecified atom stereocenters. The highest BCUT2D eigenvalue weighted by atomic mass is 32.2. The van der Waals surface area contributed by atoms with Crippen molar-refractivity contribution < 1.29 is 43.6 Å². The van der Waals surface area contributed by atoms with Gasteiger partial charge in [0.15, 0.2) is 40.6 Å². The Labute approximate surface area is 278 Å². The summed E-state index contributed by atoms with van der Waals surface area (Å²) in [7, 11) is 1.50. The molecule has 5 rings (SSSR count). The highest BCUT2D eigenvalue weighted by molar-refractivity contribution is 8.00. The Bertz CT molecular complexity index is 1830. The van der Waals surface area contributed by atoms with Crippen LogP contribution in [0.3, 0.4) is 0 Å². The van der Waals surface area contributed by atoms with Crippen LogP contribution in [0.25, 0.3) is 0 Å². The van der Waals surface area contributed by atoms with Crippen molar-refractivity contribution in [2.24, 2.45) is 5.16 Å². The number of pyridine rings is 1. The summed E-state index contributed by atoms with van der Waals surface area (Å²) >= 11 is 3.46. The molecule has 16 nitrogen and oxygen atoms in total. The van der Waals surface area contributed by atoms with Crippen molar-refractivity contribution in [1.29, 1.82) is 0 Å². The minimum absolute atomic E-state index is 0.142. The van der Waals surface area contributed by atoms with Gasteiger partial charge in [-0.1, -0.05) is 11.2 Å². The van der Waals surface area contributed by atoms with Gasteiger partial charge >= 0.3 is 11.9 Å². The van der Waals surface area contributed by atoms with E-state index in [4.69, 9.17) is 15.7 Å². The molecule has 3 aromatic rings. The third kappa shape index (κ3) is 7.00. The van der Waals surface area contributed by atoms with Gasteiger partial charge in [-0.15, -0.1) is 34.4 Å². The molecule has 0 saturated carbocycles. The topological polar surface area (TPSA) is 222 Å². The lowest BCUT2D eigenvalue weighted by Gasteiger charge is -2.49. The number of thiazole rings is 2. The number of anilines is 2. The van der Waals surface area contributed by atoms with Crippen LogP contribution in [0.4, 0.5) is 10.3 Å². The smallest absolute Gasteiger partial charge is 0.355 e. The first-order chi connectivity index (χ1) is 22.5. The summed E-state index contributed by atoms with van der Waals surface area (Å²) in [5.41, 5.74) is 6.20. The molecule has 2 aliphatic heterocycles. The van der Waals surface area contributed by atoms with E-state index in [1.54, 1.807) is 48.2 Å². The van der Waals surface area contributed by atoms with Crippen molar-refractivity contribution >= 4 is 80.1 Å². The maximum atomic E-state index is 13.1. The van der Waals surface area contributed by atoms with E-state index in [9.17, 15) is 29.1 Å². The molecule has 3 amide bonds. The van der Waals surface area contributed by atoms with Gasteiger partial charge in [-0.3, -0.25) is 24.2 Å². The SMILES string of the molecule is CCO/N=C(\C(=O)NC1C(=O)N2C(C(=O)O)=C(/C=C/C[n+]3ccc(C(=O)N(C)c4nc(C(=O)O)cs4)cc3)CSC12)c1csc(N)n1. The van der Waals surface area contributed by atoms with Crippen LogP contribution in [0.5, 0.6) is 0 Å². The monoisotopic (exact) mass is 699 g/mol. The molecule has 2 atom stereocenters. The zero-order valence-corrected chi connectivity index (χ0v) is 27.2. The lowest BCUT2D eigenvalue weighted by molar-refractivity contribution is -0.687. The average molecular weight is 700 g/mol. The number of carbonyl (C=O) groups excluding carboxylic acids is 3. The van der Waals surface area contributed by atoms with Gasteiger partial charge in [0.05, 0.1) is 5.56 Å². The number of rotatable bonds is 12. The maximum Gasteiger partial charge on any atom is 0.355 e. The number of carboxylic acids is 2. The number of aromatic nitrogens is 3. The van der Waals surface area contributed by atoms with E-state index >= 15 is 0 Å². The quantitative estimate of drug-likeness (QED) is 0.0906. The molecule has 0 spiro atoms. The molecule has 1 fully saturated rings. The van der Waals surface area contributed by atoms with Gasteiger partial charge in [0.2, 0.25) is 0 Å². The molecular formula is C28H27N8O8S3+. The number of thioether (sulfide) groups is 1. The van der Waals surface area contributed by atoms with Crippen LogP contribution in [-0.4, -0.2) is 91.3 Å². The summed E-state index contributed by atoms with van der Waals surface area (Å²) in [6, 6.07) is 2.21. The number of hydrogen-bond donors (Lipinski definition) is 4. The Kier molecular flexibility index (Phi) is 9.97. The predicted octanol–water partition coefficient (Wildman–Crippen LogP) is 1.18. The average Bonchev–Trinajstić information content (AvgIpc) is 3.73. The zero-order valence-electron chi connectivity index (χ0n) is 24.7. The molecular weight excluding hydrogens is 673 g/mol. The van der Waals surface area contributed by atoms with Gasteiger partial charge in [-0.25, -0.2) is 24.1 Å². The summed E-state index contributed by atoms with van der Waals surface area (Å²) in [6.45, 7) is 2.22. The maximum absolute atomic E-state index is 13.1. The number of fused-ring (bicyclic) bond motifs is 1. The number of oxime groups is 1. The number of allylic oxidation sites excluding steroid dienone is 2. The summed E-state index contributed by atoms with van der Waals surface area (Å²) in [5.74, 6) is -3.85. The van der Waals surface area contributed by atoms with E-state index < -0.39 is 35.2 Å². The van der Waals surface area contributed by atoms with E-state index in [-0.39, 0.29) is 51.3 Å². The second-order valence-corrected chi connectivity index (χ2v) is 12.7. The van der Waals surface area contributed by atoms with Gasteiger partial charge in [0.1, 0.15) is 29.4 Å². The molecule has 0 radical (unpaired) electrons. The Balaban J connectivity index is 1.23. The standard InChI is InChI=1S/C28H26N8O8S3/c1-3-44-33-18(16-12-46-27(29)30-16)21(37)32-19-23(39)36-20(26(42)43)15(11-45-24(19)36)5-4-8-35-9-6-14(7-10-35)22(38)34(2)28-31-17(13-47-28)25(40)41/h4-7,9-10,12-13,19,24H,3,8,11H2,1-2H3,(H4-,29,30,32,37,40,41,42,43)/p+1/b5-4+,33-18-. The summed E-state index contributed by atoms with van der Waals surface area (Å²) < 4.78 is 1.76. The minimum Gasteiger partial charge on any atom is -0.477 e. The third-order valence-corrected chi connectivity index (χ3v) is 9.72. The molecule has 1 saturated heterocycles. The van der Waals surface area contributed by atoms with Crippen LogP contribution < -0.4 is 20.5 Å². The number of carbonyl (C=O) groups is 5. The van der Waals surface area contributed by atoms with Crippen LogP contribution in [0.1, 0.15) is 33.5 Å². The van der Waals surface area contributed by atoms with Crippen LogP contribution in [0, 0.1) is 0 Å². The molecule has 0 aromatic carbocycles. The number of nitrogen functional groups attached to an aromatic ring is 1. The van der Waals surface area contributed by atoms with Crippen molar-refractivity contribution in [1.82, 2.24) is 20.2 Å². The van der Waals surface area contributed by atoms with Crippen LogP contribution in [0.2, 0.25) is 0 Å². The van der Waals surface area contributed by atoms with Crippen molar-refractivity contribution in [3.8, 4) is 0 Å². The molecule has 3 aromatic heterocycles. The molecule has 5 N–H and O–H groups in total. The number of aliphatic carboxylic acids is 1. The van der Waals surface area contributed by atoms with E-state index in [1.807, 2.05) is 0 Å². The van der Waals surface area contributed by atoms with Crippen LogP contribution >= 0.6 is 34.4 Å². The number of aromatic carboxylic acids is 1. The molecule has 19 heteroatoms. The highest BCUT2D eigenvalue weighted by Crippen LogP contribution is 2.40. The first kappa shape index (κ1) is 33.2. The molecule has 0 aliphatic carbocycles. The number of nitrogens with two attached hydrogens (primary N) is 1. The first-order valence-corrected chi connectivity index (χ1v) is 16.6. The first-order valence-electron chi connectivity index (χ1n) is 13.8. The highest BCUT2D eigenvalue weighted by Gasteiger charge is 2.54. The fraction of sp³-hybridized carbons (Fsp3) is 0.250. The van der Waals surface area contributed by atoms with Gasteiger partial charge in [-0.05, 0) is 18.6 Å². The number of nitrogens with zero attached hydrogens (tertiary/aromatic N) is 6. The number of amides is 3. The largest absolute Gasteiger partial charge is 0.477 e. The van der Waals surface area contributed by atoms with E-state index in [2.05, 4.69) is 20.4 Å². The lowest BCUT2D eigenvalue weighted by Crippen LogP contribution is -2.71. The lowest BCUT2D eigenvalue weighted by atomic mass is 10.0. The minimum atomic E-state index is -1.28. The molecule has 0 bridgehead atoms. The number of carboxylic acid groups (broad SMARTS) is 2. The third-order valence-electron chi connectivity index (χ3n) is 6.83. The second kappa shape index (κ2) is 14.1. The van der Waals surface area contributed by atoms with Crippen molar-refractivity contribution in [2.75, 3.05) is 30.0 Å². The van der Waals surface area contributed by atoms with Crippen molar-refractivity contribution in [3.05, 3.63) is 75.7 Å². The van der Waals surface area contributed by atoms with Crippen molar-refractivity contribution in [3.63, 3.8) is 0 Å². The Morgan fingerprint density at radius 2 is 1.89 bits per heavy atom. The molecule has 2 aliphatic rings. The zero-order chi connectivity index (χ0) is 33.8. The molecule has 5 heterocycles. The molecule has 47 heavy (non-hydrogen) atoms. The summed E-state index contributed by atoms with van der Waals surface area (Å²) in [6.07, 6.45) is 6.70. The summed E-state index contributed by atoms with van der Waals surface area (Å²) in [4.78, 5) is 77.9. The second-order valence-electron chi connectivity index (χ2n) is 9.84. The Morgan fingerprint density at radius 3 is 2.51 bits per heavy atom. The summed E-state index contributed by atoms with van der Waals surface area (Å²) in [5, 5.41) is 28.2. The fourth-order valence-corrected chi connectivity index (χ4v) is 7.17. The normalized spacial score (nSPS) is 17.7. The fourth-order valence-electron chi connectivity index (χ4n) is 4.55. The van der Waals surface area contributed by atoms with Gasteiger partial charge < -0.3 is 26.1 Å². The number of β-lactam (4-membered cyclic amide) rings is 1. The number of hydrogen-bond acceptors (Lipinski definition) is 13. The van der Waals surface area contributed by atoms with Gasteiger partial charge in [0.25, 0.3) is 17.7 Å². The Morgan fingerprint density at radius 1 is 1.17 bits per heavy atom. The van der Waals surface area contributed by atoms with Gasteiger partial charge in [-0.2, -0.15) is 0 Å². The van der Waals surface area contributed by atoms with Crippen molar-refractivity contribution in [2.45, 2.75) is 24.9 Å². The molecule has 244 valence electrons. The van der Waals surface area contributed by atoms with E-state index in [0.717, 1.165) is 27.6 Å². The van der Waals surface area contributed by atoms with Crippen LogP contribution in [0.15, 0.2) is 63.9 Å². The number of nitrogens with one attached hydrogen (secondary N) is 1. The Hall–Kier alpha value is -5.14.